The molecule has 3 rings (SSSR count). The summed E-state index contributed by atoms with van der Waals surface area (Å²) in [5.41, 5.74) is 3.31. The smallest absolute Gasteiger partial charge is 0.237 e. The first-order valence-corrected chi connectivity index (χ1v) is 8.35. The third kappa shape index (κ3) is 3.88. The number of carboxylic acids is 1. The zero-order valence-corrected chi connectivity index (χ0v) is 14.3. The molecule has 0 N–H and O–H groups in total. The van der Waals surface area contributed by atoms with Crippen molar-refractivity contribution in [3.63, 3.8) is 0 Å². The topological polar surface area (TPSA) is 77.5 Å². The largest absolute Gasteiger partial charge is 0.545 e. The number of carbonyl (C=O) groups is 3. The van der Waals surface area contributed by atoms with Crippen molar-refractivity contribution in [2.24, 2.45) is 5.92 Å². The summed E-state index contributed by atoms with van der Waals surface area (Å²) in [6.45, 7) is 1.99. The van der Waals surface area contributed by atoms with Crippen molar-refractivity contribution in [2.75, 3.05) is 4.90 Å². The van der Waals surface area contributed by atoms with Crippen LogP contribution in [0.2, 0.25) is 0 Å². The molecule has 2 aromatic carbocycles. The molecule has 0 saturated carbocycles. The molecule has 0 aromatic heterocycles. The second kappa shape index (κ2) is 7.35. The van der Waals surface area contributed by atoms with Crippen molar-refractivity contribution < 1.29 is 19.5 Å². The van der Waals surface area contributed by atoms with E-state index in [9.17, 15) is 19.5 Å². The van der Waals surface area contributed by atoms with E-state index < -0.39 is 5.97 Å². The summed E-state index contributed by atoms with van der Waals surface area (Å²) >= 11 is 0. The molecule has 1 aliphatic rings. The lowest BCUT2D eigenvalue weighted by atomic mass is 9.97. The van der Waals surface area contributed by atoms with Crippen LogP contribution < -0.4 is 10.0 Å². The number of rotatable bonds is 5. The van der Waals surface area contributed by atoms with Gasteiger partial charge in [0.15, 0.2) is 0 Å². The fourth-order valence-corrected chi connectivity index (χ4v) is 3.15. The number of nitrogens with zero attached hydrogens (tertiary/aromatic N) is 1. The summed E-state index contributed by atoms with van der Waals surface area (Å²) in [5.74, 6) is -2.06. The summed E-state index contributed by atoms with van der Waals surface area (Å²) in [6, 6.07) is 14.5. The first-order chi connectivity index (χ1) is 12.4. The fraction of sp³-hybridized carbons (Fsp3) is 0.190. The highest BCUT2D eigenvalue weighted by molar-refractivity contribution is 6.21. The highest BCUT2D eigenvalue weighted by atomic mass is 16.4. The third-order valence-electron chi connectivity index (χ3n) is 4.37. The SMILES string of the molecule is Cc1cccc(C[C@H]2CC(=O)N(c3ccc(/C=C/C(=O)[O-])cc3)C2=O)c1. The number of hydrogen-bond donors (Lipinski definition) is 0. The number of anilines is 1. The minimum Gasteiger partial charge on any atom is -0.545 e. The summed E-state index contributed by atoms with van der Waals surface area (Å²) in [7, 11) is 0. The Labute approximate surface area is 151 Å². The lowest BCUT2D eigenvalue weighted by Gasteiger charge is -2.15. The third-order valence-corrected chi connectivity index (χ3v) is 4.37. The number of aliphatic carboxylic acids is 1. The molecular weight excluding hydrogens is 330 g/mol. The van der Waals surface area contributed by atoms with Gasteiger partial charge < -0.3 is 9.90 Å². The molecule has 26 heavy (non-hydrogen) atoms. The van der Waals surface area contributed by atoms with Crippen molar-refractivity contribution in [3.05, 3.63) is 71.3 Å². The maximum Gasteiger partial charge on any atom is 0.237 e. The maximum absolute atomic E-state index is 12.7. The predicted octanol–water partition coefficient (Wildman–Crippen LogP) is 1.88. The summed E-state index contributed by atoms with van der Waals surface area (Å²) in [4.78, 5) is 36.7. The molecule has 0 radical (unpaired) electrons. The van der Waals surface area contributed by atoms with Crippen molar-refractivity contribution in [2.45, 2.75) is 19.8 Å². The number of carboxylic acid groups (broad SMARTS) is 1. The van der Waals surface area contributed by atoms with Crippen molar-refractivity contribution in [1.29, 1.82) is 0 Å². The van der Waals surface area contributed by atoms with Gasteiger partial charge in [0.1, 0.15) is 0 Å². The second-order valence-corrected chi connectivity index (χ2v) is 6.41. The molecule has 2 aromatic rings. The number of benzene rings is 2. The van der Waals surface area contributed by atoms with Gasteiger partial charge in [-0.2, -0.15) is 0 Å². The van der Waals surface area contributed by atoms with Crippen LogP contribution in [-0.2, 0) is 20.8 Å². The molecule has 132 valence electrons. The number of carbonyl (C=O) groups excluding carboxylic acids is 3. The molecule has 0 aliphatic carbocycles. The number of hydrogen-bond acceptors (Lipinski definition) is 4. The zero-order chi connectivity index (χ0) is 18.7. The molecule has 1 aliphatic heterocycles. The van der Waals surface area contributed by atoms with Gasteiger partial charge in [0.2, 0.25) is 11.8 Å². The average molecular weight is 348 g/mol. The van der Waals surface area contributed by atoms with Crippen LogP contribution in [0.25, 0.3) is 6.08 Å². The van der Waals surface area contributed by atoms with Crippen molar-refractivity contribution in [3.8, 4) is 0 Å². The molecule has 5 heteroatoms. The van der Waals surface area contributed by atoms with Gasteiger partial charge in [0.25, 0.3) is 0 Å². The van der Waals surface area contributed by atoms with Crippen molar-refractivity contribution in [1.82, 2.24) is 0 Å². The molecule has 1 atom stereocenters. The molecule has 0 bridgehead atoms. The highest BCUT2D eigenvalue weighted by Gasteiger charge is 2.39. The lowest BCUT2D eigenvalue weighted by Crippen LogP contribution is -2.30. The van der Waals surface area contributed by atoms with Crippen LogP contribution in [0.5, 0.6) is 0 Å². The Balaban J connectivity index is 1.75. The van der Waals surface area contributed by atoms with Gasteiger partial charge in [-0.3, -0.25) is 14.5 Å². The first kappa shape index (κ1) is 17.6. The molecule has 0 spiro atoms. The van der Waals surface area contributed by atoms with E-state index in [1.54, 1.807) is 24.3 Å². The molecule has 0 unspecified atom stereocenters. The lowest BCUT2D eigenvalue weighted by molar-refractivity contribution is -0.297. The Kier molecular flexibility index (Phi) is 4.98. The van der Waals surface area contributed by atoms with E-state index in [0.717, 1.165) is 17.2 Å². The van der Waals surface area contributed by atoms with Crippen LogP contribution in [0.1, 0.15) is 23.1 Å². The quantitative estimate of drug-likeness (QED) is 0.611. The Hall–Kier alpha value is -3.21. The van der Waals surface area contributed by atoms with E-state index >= 15 is 0 Å². The Morgan fingerprint density at radius 3 is 2.58 bits per heavy atom. The van der Waals surface area contributed by atoms with Crippen LogP contribution in [0.4, 0.5) is 5.69 Å². The van der Waals surface area contributed by atoms with E-state index in [1.165, 1.54) is 11.0 Å². The van der Waals surface area contributed by atoms with Gasteiger partial charge in [-0.15, -0.1) is 0 Å². The zero-order valence-electron chi connectivity index (χ0n) is 14.3. The van der Waals surface area contributed by atoms with Gasteiger partial charge in [-0.1, -0.05) is 48.0 Å². The van der Waals surface area contributed by atoms with Crippen LogP contribution in [0.15, 0.2) is 54.6 Å². The van der Waals surface area contributed by atoms with E-state index in [2.05, 4.69) is 0 Å². The van der Waals surface area contributed by atoms with E-state index in [1.807, 2.05) is 31.2 Å². The normalized spacial score (nSPS) is 17.3. The monoisotopic (exact) mass is 348 g/mol. The molecule has 1 heterocycles. The van der Waals surface area contributed by atoms with Gasteiger partial charge >= 0.3 is 0 Å². The minimum atomic E-state index is -1.28. The Bertz CT molecular complexity index is 883. The predicted molar refractivity (Wildman–Crippen MR) is 96.0 cm³/mol. The number of aryl methyl sites for hydroxylation is 1. The first-order valence-electron chi connectivity index (χ1n) is 8.35. The standard InChI is InChI=1S/C21H19NO4/c1-14-3-2-4-16(11-14)12-17-13-19(23)22(21(17)26)18-8-5-15(6-9-18)7-10-20(24)25/h2-11,17H,12-13H2,1H3,(H,24,25)/p-1/b10-7+/t17-/m0/s1. The van der Waals surface area contributed by atoms with Crippen LogP contribution in [0.3, 0.4) is 0 Å². The number of imide groups is 1. The number of amides is 2. The van der Waals surface area contributed by atoms with E-state index in [-0.39, 0.29) is 24.2 Å². The fourth-order valence-electron chi connectivity index (χ4n) is 3.15. The summed E-state index contributed by atoms with van der Waals surface area (Å²) in [5, 5.41) is 10.4. The van der Waals surface area contributed by atoms with Gasteiger partial charge in [-0.05, 0) is 42.7 Å². The molecule has 1 saturated heterocycles. The second-order valence-electron chi connectivity index (χ2n) is 6.41. The van der Waals surface area contributed by atoms with Crippen LogP contribution in [-0.4, -0.2) is 17.8 Å². The molecule has 1 fully saturated rings. The van der Waals surface area contributed by atoms with Crippen LogP contribution >= 0.6 is 0 Å². The van der Waals surface area contributed by atoms with Gasteiger partial charge in [0.05, 0.1) is 17.6 Å². The minimum absolute atomic E-state index is 0.194. The summed E-state index contributed by atoms with van der Waals surface area (Å²) in [6.07, 6.45) is 3.06. The molecule has 2 amide bonds. The Morgan fingerprint density at radius 2 is 1.92 bits per heavy atom. The maximum atomic E-state index is 12.7. The van der Waals surface area contributed by atoms with Crippen molar-refractivity contribution >= 4 is 29.5 Å². The Morgan fingerprint density at radius 1 is 1.19 bits per heavy atom. The highest BCUT2D eigenvalue weighted by Crippen LogP contribution is 2.29. The van der Waals surface area contributed by atoms with Gasteiger partial charge in [-0.25, -0.2) is 0 Å². The molecular formula is C21H18NO4-. The summed E-state index contributed by atoms with van der Waals surface area (Å²) < 4.78 is 0. The molecule has 5 nitrogen and oxygen atoms in total. The average Bonchev–Trinajstić information content (AvgIpc) is 2.87. The van der Waals surface area contributed by atoms with E-state index in [4.69, 9.17) is 0 Å². The van der Waals surface area contributed by atoms with E-state index in [0.29, 0.717) is 17.7 Å². The van der Waals surface area contributed by atoms with Gasteiger partial charge in [0, 0.05) is 6.42 Å². The van der Waals surface area contributed by atoms with Crippen LogP contribution in [0, 0.1) is 12.8 Å².